The van der Waals surface area contributed by atoms with Gasteiger partial charge < -0.3 is 4.74 Å². The van der Waals surface area contributed by atoms with Crippen molar-refractivity contribution >= 4 is 5.78 Å². The number of hydrogen-bond acceptors (Lipinski definition) is 2. The number of ether oxygens (including phenoxy) is 1. The molecule has 0 heterocycles. The van der Waals surface area contributed by atoms with Gasteiger partial charge in [-0.1, -0.05) is 64.7 Å². The molecule has 1 atom stereocenters. The van der Waals surface area contributed by atoms with Crippen LogP contribution in [-0.2, 0) is 9.53 Å². The van der Waals surface area contributed by atoms with Crippen molar-refractivity contribution in [3.63, 3.8) is 0 Å². The second kappa shape index (κ2) is 11.3. The number of carbonyl (C=O) groups is 1. The van der Waals surface area contributed by atoms with Crippen molar-refractivity contribution < 1.29 is 9.53 Å². The Morgan fingerprint density at radius 1 is 0.950 bits per heavy atom. The van der Waals surface area contributed by atoms with Crippen molar-refractivity contribution in [3.8, 4) is 0 Å². The summed E-state index contributed by atoms with van der Waals surface area (Å²) in [5, 5.41) is 0. The van der Waals surface area contributed by atoms with Crippen LogP contribution in [0.3, 0.4) is 0 Å². The zero-order valence-electron chi connectivity index (χ0n) is 13.7. The van der Waals surface area contributed by atoms with Crippen LogP contribution >= 0.6 is 0 Å². The number of Topliss-reactive ketones (excluding diaryl/α,β-unsaturated/α-hetero) is 1. The largest absolute Gasteiger partial charge is 0.373 e. The van der Waals surface area contributed by atoms with E-state index in [1.807, 2.05) is 0 Å². The first-order valence-corrected chi connectivity index (χ1v) is 8.85. The summed E-state index contributed by atoms with van der Waals surface area (Å²) in [5.74, 6) is 0.880. The minimum absolute atomic E-state index is 0.0893. The molecule has 1 fully saturated rings. The second-order valence-electron chi connectivity index (χ2n) is 6.39. The molecule has 1 rings (SSSR count). The Kier molecular flexibility index (Phi) is 10.00. The average Bonchev–Trinajstić information content (AvgIpc) is 3.26. The molecule has 0 saturated heterocycles. The van der Waals surface area contributed by atoms with Crippen molar-refractivity contribution in [3.05, 3.63) is 0 Å². The summed E-state index contributed by atoms with van der Waals surface area (Å²) in [5.41, 5.74) is 0. The van der Waals surface area contributed by atoms with E-state index in [1.54, 1.807) is 7.11 Å². The molecule has 0 aliphatic heterocycles. The van der Waals surface area contributed by atoms with Crippen LogP contribution in [0.1, 0.15) is 90.4 Å². The van der Waals surface area contributed by atoms with Crippen LogP contribution in [0.4, 0.5) is 0 Å². The van der Waals surface area contributed by atoms with Gasteiger partial charge in [0.05, 0.1) is 0 Å². The highest BCUT2D eigenvalue weighted by atomic mass is 16.5. The van der Waals surface area contributed by atoms with Crippen LogP contribution in [0.2, 0.25) is 0 Å². The SMILES string of the molecule is CCCCCCCCCCCCC(=O)C(OC)C1CC1. The first-order chi connectivity index (χ1) is 9.79. The van der Waals surface area contributed by atoms with E-state index in [4.69, 9.17) is 4.74 Å². The molecule has 0 aromatic carbocycles. The Balaban J connectivity index is 1.85. The molecular formula is C18H34O2. The highest BCUT2D eigenvalue weighted by molar-refractivity contribution is 5.83. The fraction of sp³-hybridized carbons (Fsp3) is 0.944. The third kappa shape index (κ3) is 8.04. The van der Waals surface area contributed by atoms with E-state index >= 15 is 0 Å². The molecule has 0 N–H and O–H groups in total. The van der Waals surface area contributed by atoms with Gasteiger partial charge in [-0.2, -0.15) is 0 Å². The number of unbranched alkanes of at least 4 members (excludes halogenated alkanes) is 9. The molecule has 0 radical (unpaired) electrons. The molecule has 118 valence electrons. The molecule has 0 amide bonds. The maximum atomic E-state index is 12.0. The molecule has 2 nitrogen and oxygen atoms in total. The summed E-state index contributed by atoms with van der Waals surface area (Å²) in [6, 6.07) is 0. The third-order valence-electron chi connectivity index (χ3n) is 4.40. The normalized spacial score (nSPS) is 16.3. The van der Waals surface area contributed by atoms with Gasteiger partial charge in [-0.15, -0.1) is 0 Å². The quantitative estimate of drug-likeness (QED) is 0.405. The fourth-order valence-electron chi connectivity index (χ4n) is 2.91. The highest BCUT2D eigenvalue weighted by Gasteiger charge is 2.35. The van der Waals surface area contributed by atoms with Crippen LogP contribution in [-0.4, -0.2) is 19.0 Å². The van der Waals surface area contributed by atoms with E-state index in [0.717, 1.165) is 12.8 Å². The molecule has 1 aliphatic rings. The minimum Gasteiger partial charge on any atom is -0.373 e. The number of hydrogen-bond donors (Lipinski definition) is 0. The van der Waals surface area contributed by atoms with Gasteiger partial charge in [0.1, 0.15) is 6.10 Å². The molecular weight excluding hydrogens is 248 g/mol. The van der Waals surface area contributed by atoms with Gasteiger partial charge in [0, 0.05) is 13.5 Å². The summed E-state index contributed by atoms with van der Waals surface area (Å²) >= 11 is 0. The second-order valence-corrected chi connectivity index (χ2v) is 6.39. The lowest BCUT2D eigenvalue weighted by Crippen LogP contribution is -2.24. The van der Waals surface area contributed by atoms with E-state index < -0.39 is 0 Å². The van der Waals surface area contributed by atoms with Crippen molar-refractivity contribution in [2.75, 3.05) is 7.11 Å². The topological polar surface area (TPSA) is 26.3 Å². The molecule has 0 aromatic rings. The minimum atomic E-state index is -0.0893. The Morgan fingerprint density at radius 3 is 1.90 bits per heavy atom. The smallest absolute Gasteiger partial charge is 0.161 e. The van der Waals surface area contributed by atoms with E-state index in [2.05, 4.69) is 6.92 Å². The lowest BCUT2D eigenvalue weighted by Gasteiger charge is -2.12. The van der Waals surface area contributed by atoms with Crippen LogP contribution in [0.5, 0.6) is 0 Å². The highest BCUT2D eigenvalue weighted by Crippen LogP contribution is 2.35. The zero-order chi connectivity index (χ0) is 14.6. The Hall–Kier alpha value is -0.370. The third-order valence-corrected chi connectivity index (χ3v) is 4.40. The van der Waals surface area contributed by atoms with Gasteiger partial charge in [-0.3, -0.25) is 4.79 Å². The Labute approximate surface area is 125 Å². The monoisotopic (exact) mass is 282 g/mol. The fourth-order valence-corrected chi connectivity index (χ4v) is 2.91. The maximum absolute atomic E-state index is 12.0. The van der Waals surface area contributed by atoms with Gasteiger partial charge in [0.15, 0.2) is 5.78 Å². The maximum Gasteiger partial charge on any atom is 0.161 e. The average molecular weight is 282 g/mol. The van der Waals surface area contributed by atoms with Crippen LogP contribution < -0.4 is 0 Å². The van der Waals surface area contributed by atoms with E-state index in [1.165, 1.54) is 70.6 Å². The van der Waals surface area contributed by atoms with E-state index in [0.29, 0.717) is 11.7 Å². The Bertz CT molecular complexity index is 246. The number of carbonyl (C=O) groups excluding carboxylic acids is 1. The van der Waals surface area contributed by atoms with Crippen molar-refractivity contribution in [2.45, 2.75) is 96.5 Å². The summed E-state index contributed by atoms with van der Waals surface area (Å²) in [7, 11) is 1.68. The molecule has 0 aromatic heterocycles. The van der Waals surface area contributed by atoms with Crippen LogP contribution in [0, 0.1) is 5.92 Å². The predicted octanol–water partition coefficient (Wildman–Crippen LogP) is 5.29. The molecule has 1 unspecified atom stereocenters. The number of rotatable bonds is 14. The van der Waals surface area contributed by atoms with Crippen molar-refractivity contribution in [1.82, 2.24) is 0 Å². The molecule has 1 saturated carbocycles. The summed E-state index contributed by atoms with van der Waals surface area (Å²) in [4.78, 5) is 12.0. The molecule has 1 aliphatic carbocycles. The van der Waals surface area contributed by atoms with Gasteiger partial charge in [-0.25, -0.2) is 0 Å². The van der Waals surface area contributed by atoms with Crippen molar-refractivity contribution in [2.24, 2.45) is 5.92 Å². The van der Waals surface area contributed by atoms with Gasteiger partial charge in [-0.05, 0) is 25.2 Å². The standard InChI is InChI=1S/C18H34O2/c1-3-4-5-6-7-8-9-10-11-12-13-17(19)18(20-2)16-14-15-16/h16,18H,3-15H2,1-2H3. The van der Waals surface area contributed by atoms with E-state index in [-0.39, 0.29) is 6.10 Å². The lowest BCUT2D eigenvalue weighted by molar-refractivity contribution is -0.130. The molecule has 20 heavy (non-hydrogen) atoms. The Morgan fingerprint density at radius 2 is 1.45 bits per heavy atom. The number of ketones is 1. The zero-order valence-corrected chi connectivity index (χ0v) is 13.7. The van der Waals surface area contributed by atoms with Crippen LogP contribution in [0.25, 0.3) is 0 Å². The van der Waals surface area contributed by atoms with Crippen molar-refractivity contribution in [1.29, 1.82) is 0 Å². The first kappa shape index (κ1) is 17.7. The summed E-state index contributed by atoms with van der Waals surface area (Å²) in [6.45, 7) is 2.26. The van der Waals surface area contributed by atoms with Gasteiger partial charge in [0.25, 0.3) is 0 Å². The van der Waals surface area contributed by atoms with E-state index in [9.17, 15) is 4.79 Å². The van der Waals surface area contributed by atoms with Gasteiger partial charge >= 0.3 is 0 Å². The number of methoxy groups -OCH3 is 1. The summed E-state index contributed by atoms with van der Waals surface area (Å²) < 4.78 is 5.33. The van der Waals surface area contributed by atoms with Crippen LogP contribution in [0.15, 0.2) is 0 Å². The first-order valence-electron chi connectivity index (χ1n) is 8.85. The molecule has 0 bridgehead atoms. The molecule has 0 spiro atoms. The summed E-state index contributed by atoms with van der Waals surface area (Å²) in [6.07, 6.45) is 16.2. The lowest BCUT2D eigenvalue weighted by atomic mass is 10.0. The van der Waals surface area contributed by atoms with Gasteiger partial charge in [0.2, 0.25) is 0 Å². The molecule has 2 heteroatoms. The predicted molar refractivity (Wildman–Crippen MR) is 85.0 cm³/mol.